The highest BCUT2D eigenvalue weighted by Crippen LogP contribution is 2.21. The van der Waals surface area contributed by atoms with Crippen LogP contribution in [0.1, 0.15) is 12.8 Å². The van der Waals surface area contributed by atoms with Gasteiger partial charge in [-0.15, -0.1) is 11.3 Å². The molecule has 2 heterocycles. The lowest BCUT2D eigenvalue weighted by Crippen LogP contribution is -2.42. The standard InChI is InChI=1S/C11H16ClN3S/c1-9(12)8-14-10-2-5-15(6-3-10)11-13-4-7-16-11/h4,7,10,14H,1-3,5-6,8H2. The second-order valence-electron chi connectivity index (χ2n) is 3.97. The van der Waals surface area contributed by atoms with Crippen molar-refractivity contribution in [1.82, 2.24) is 10.3 Å². The van der Waals surface area contributed by atoms with Gasteiger partial charge in [0.1, 0.15) is 0 Å². The van der Waals surface area contributed by atoms with Crippen LogP contribution in [-0.2, 0) is 0 Å². The van der Waals surface area contributed by atoms with Crippen molar-refractivity contribution < 1.29 is 0 Å². The summed E-state index contributed by atoms with van der Waals surface area (Å²) in [5.74, 6) is 0. The minimum atomic E-state index is 0.562. The van der Waals surface area contributed by atoms with Gasteiger partial charge in [-0.1, -0.05) is 18.2 Å². The van der Waals surface area contributed by atoms with Crippen molar-refractivity contribution in [1.29, 1.82) is 0 Å². The first-order chi connectivity index (χ1) is 7.75. The molecule has 0 aliphatic carbocycles. The van der Waals surface area contributed by atoms with E-state index in [1.54, 1.807) is 11.3 Å². The third-order valence-corrected chi connectivity index (χ3v) is 3.73. The highest BCUT2D eigenvalue weighted by Gasteiger charge is 2.19. The topological polar surface area (TPSA) is 28.2 Å². The Labute approximate surface area is 105 Å². The minimum Gasteiger partial charge on any atom is -0.348 e. The van der Waals surface area contributed by atoms with E-state index in [1.165, 1.54) is 0 Å². The summed E-state index contributed by atoms with van der Waals surface area (Å²) in [6, 6.07) is 0.562. The summed E-state index contributed by atoms with van der Waals surface area (Å²) in [6.07, 6.45) is 4.15. The molecule has 3 nitrogen and oxygen atoms in total. The molecule has 1 aromatic heterocycles. The van der Waals surface area contributed by atoms with Gasteiger partial charge in [-0.2, -0.15) is 0 Å². The zero-order valence-corrected chi connectivity index (χ0v) is 10.7. The van der Waals surface area contributed by atoms with Gasteiger partial charge in [0.25, 0.3) is 0 Å². The third kappa shape index (κ3) is 3.20. The molecule has 1 saturated heterocycles. The predicted molar refractivity (Wildman–Crippen MR) is 70.3 cm³/mol. The number of nitrogens with one attached hydrogen (secondary N) is 1. The molecule has 1 aliphatic heterocycles. The molecule has 0 radical (unpaired) electrons. The summed E-state index contributed by atoms with van der Waals surface area (Å²) in [4.78, 5) is 6.67. The maximum Gasteiger partial charge on any atom is 0.185 e. The fraction of sp³-hybridized carbons (Fsp3) is 0.545. The van der Waals surface area contributed by atoms with E-state index < -0.39 is 0 Å². The van der Waals surface area contributed by atoms with Crippen molar-refractivity contribution in [2.45, 2.75) is 18.9 Å². The Morgan fingerprint density at radius 2 is 2.38 bits per heavy atom. The van der Waals surface area contributed by atoms with Crippen molar-refractivity contribution in [3.8, 4) is 0 Å². The number of nitrogens with zero attached hydrogens (tertiary/aromatic N) is 2. The molecule has 1 fully saturated rings. The smallest absolute Gasteiger partial charge is 0.185 e. The van der Waals surface area contributed by atoms with Crippen LogP contribution in [0.4, 0.5) is 5.13 Å². The predicted octanol–water partition coefficient (Wildman–Crippen LogP) is 2.45. The van der Waals surface area contributed by atoms with E-state index in [4.69, 9.17) is 11.6 Å². The highest BCUT2D eigenvalue weighted by atomic mass is 35.5. The molecule has 0 unspecified atom stereocenters. The molecule has 0 saturated carbocycles. The SMILES string of the molecule is C=C(Cl)CNC1CCN(c2nccs2)CC1. The summed E-state index contributed by atoms with van der Waals surface area (Å²) in [7, 11) is 0. The van der Waals surface area contributed by atoms with Crippen molar-refractivity contribution in [2.75, 3.05) is 24.5 Å². The fourth-order valence-corrected chi connectivity index (χ4v) is 2.68. The summed E-state index contributed by atoms with van der Waals surface area (Å²) in [5, 5.41) is 7.26. The number of hydrogen-bond acceptors (Lipinski definition) is 4. The van der Waals surface area contributed by atoms with Crippen LogP contribution in [0, 0.1) is 0 Å². The Hall–Kier alpha value is -0.580. The number of rotatable bonds is 4. The Balaban J connectivity index is 1.76. The zero-order valence-electron chi connectivity index (χ0n) is 9.16. The van der Waals surface area contributed by atoms with E-state index in [0.717, 1.165) is 31.1 Å². The molecule has 5 heteroatoms. The maximum atomic E-state index is 5.73. The second-order valence-corrected chi connectivity index (χ2v) is 5.38. The van der Waals surface area contributed by atoms with Gasteiger partial charge in [0.15, 0.2) is 5.13 Å². The summed E-state index contributed by atoms with van der Waals surface area (Å²) in [5.41, 5.74) is 0. The normalized spacial score (nSPS) is 17.7. The molecule has 88 valence electrons. The number of aromatic nitrogens is 1. The Bertz CT molecular complexity index is 331. The van der Waals surface area contributed by atoms with Crippen LogP contribution in [0.2, 0.25) is 0 Å². The van der Waals surface area contributed by atoms with E-state index in [9.17, 15) is 0 Å². The maximum absolute atomic E-state index is 5.73. The molecule has 1 aromatic rings. The van der Waals surface area contributed by atoms with Crippen molar-refractivity contribution in [2.24, 2.45) is 0 Å². The first-order valence-electron chi connectivity index (χ1n) is 5.47. The first kappa shape index (κ1) is 11.9. The van der Waals surface area contributed by atoms with Gasteiger partial charge in [0.2, 0.25) is 0 Å². The first-order valence-corrected chi connectivity index (χ1v) is 6.72. The molecule has 0 atom stereocenters. The quantitative estimate of drug-likeness (QED) is 0.898. The van der Waals surface area contributed by atoms with Gasteiger partial charge < -0.3 is 10.2 Å². The van der Waals surface area contributed by atoms with Crippen LogP contribution in [0.25, 0.3) is 0 Å². The number of hydrogen-bond donors (Lipinski definition) is 1. The Morgan fingerprint density at radius 3 is 2.94 bits per heavy atom. The summed E-state index contributed by atoms with van der Waals surface area (Å²) >= 11 is 7.44. The molecule has 1 aliphatic rings. The number of piperidine rings is 1. The average Bonchev–Trinajstić information content (AvgIpc) is 2.80. The molecule has 1 N–H and O–H groups in total. The summed E-state index contributed by atoms with van der Waals surface area (Å²) in [6.45, 7) is 6.53. The third-order valence-electron chi connectivity index (χ3n) is 2.77. The average molecular weight is 258 g/mol. The summed E-state index contributed by atoms with van der Waals surface area (Å²) < 4.78 is 0. The van der Waals surface area contributed by atoms with E-state index in [1.807, 2.05) is 11.6 Å². The Morgan fingerprint density at radius 1 is 1.62 bits per heavy atom. The van der Waals surface area contributed by atoms with Gasteiger partial charge in [0.05, 0.1) is 0 Å². The van der Waals surface area contributed by atoms with Crippen LogP contribution in [0.3, 0.4) is 0 Å². The van der Waals surface area contributed by atoms with Crippen molar-refractivity contribution in [3.63, 3.8) is 0 Å². The van der Waals surface area contributed by atoms with Gasteiger partial charge in [-0.05, 0) is 12.8 Å². The highest BCUT2D eigenvalue weighted by molar-refractivity contribution is 7.13. The van der Waals surface area contributed by atoms with Crippen LogP contribution in [-0.4, -0.2) is 30.7 Å². The molecule has 0 amide bonds. The van der Waals surface area contributed by atoms with E-state index in [-0.39, 0.29) is 0 Å². The molecule has 2 rings (SSSR count). The van der Waals surface area contributed by atoms with E-state index in [0.29, 0.717) is 17.6 Å². The van der Waals surface area contributed by atoms with Crippen LogP contribution in [0.5, 0.6) is 0 Å². The molecule has 0 bridgehead atoms. The van der Waals surface area contributed by atoms with Gasteiger partial charge in [0, 0.05) is 42.3 Å². The van der Waals surface area contributed by atoms with Gasteiger partial charge in [-0.3, -0.25) is 0 Å². The van der Waals surface area contributed by atoms with Gasteiger partial charge in [-0.25, -0.2) is 4.98 Å². The van der Waals surface area contributed by atoms with Crippen molar-refractivity contribution >= 4 is 28.1 Å². The zero-order chi connectivity index (χ0) is 11.4. The molecular weight excluding hydrogens is 242 g/mol. The van der Waals surface area contributed by atoms with E-state index in [2.05, 4.69) is 21.8 Å². The second kappa shape index (κ2) is 5.66. The van der Waals surface area contributed by atoms with E-state index >= 15 is 0 Å². The minimum absolute atomic E-state index is 0.562. The van der Waals surface area contributed by atoms with Crippen LogP contribution < -0.4 is 10.2 Å². The van der Waals surface area contributed by atoms with Gasteiger partial charge >= 0.3 is 0 Å². The largest absolute Gasteiger partial charge is 0.348 e. The lowest BCUT2D eigenvalue weighted by Gasteiger charge is -2.32. The molecular formula is C11H16ClN3S. The van der Waals surface area contributed by atoms with Crippen LogP contribution in [0.15, 0.2) is 23.2 Å². The molecule has 16 heavy (non-hydrogen) atoms. The van der Waals surface area contributed by atoms with Crippen LogP contribution >= 0.6 is 22.9 Å². The van der Waals surface area contributed by atoms with Crippen molar-refractivity contribution in [3.05, 3.63) is 23.2 Å². The Kier molecular flexibility index (Phi) is 4.21. The fourth-order valence-electron chi connectivity index (χ4n) is 1.90. The molecule has 0 spiro atoms. The number of halogens is 1. The molecule has 0 aromatic carbocycles. The number of anilines is 1. The lowest BCUT2D eigenvalue weighted by molar-refractivity contribution is 0.429. The lowest BCUT2D eigenvalue weighted by atomic mass is 10.1. The number of thiazole rings is 1. The monoisotopic (exact) mass is 257 g/mol.